The van der Waals surface area contributed by atoms with Crippen LogP contribution in [0.25, 0.3) is 0 Å². The number of hydrogen-bond acceptors (Lipinski definition) is 13. The molecule has 12 unspecified atom stereocenters. The zero-order valence-electron chi connectivity index (χ0n) is 56.4. The number of rotatable bonds is 60. The number of unbranched alkanes of at least 4 members (excludes halogenated alkanes) is 37. The van der Waals surface area contributed by atoms with Crippen LogP contribution in [0.15, 0.2) is 72.9 Å². The summed E-state index contributed by atoms with van der Waals surface area (Å²) in [6.07, 6.45) is 63.9. The molecule has 2 rings (SSSR count). The molecule has 89 heavy (non-hydrogen) atoms. The molecule has 518 valence electrons. The van der Waals surface area contributed by atoms with Gasteiger partial charge in [0.2, 0.25) is 5.91 Å². The van der Waals surface area contributed by atoms with Crippen molar-refractivity contribution in [2.45, 2.75) is 376 Å². The number of carbonyl (C=O) groups is 1. The van der Waals surface area contributed by atoms with E-state index in [4.69, 9.17) is 18.9 Å². The van der Waals surface area contributed by atoms with Crippen molar-refractivity contribution in [2.75, 3.05) is 19.8 Å². The fraction of sp³-hybridized carbons (Fsp3) is 0.827. The van der Waals surface area contributed by atoms with Gasteiger partial charge in [-0.15, -0.1) is 0 Å². The van der Waals surface area contributed by atoms with E-state index in [2.05, 4.69) is 79.9 Å². The van der Waals surface area contributed by atoms with Crippen LogP contribution in [0, 0.1) is 0 Å². The van der Waals surface area contributed by atoms with Crippen LogP contribution in [0.5, 0.6) is 0 Å². The van der Waals surface area contributed by atoms with E-state index in [-0.39, 0.29) is 18.9 Å². The van der Waals surface area contributed by atoms with E-state index in [1.54, 1.807) is 6.08 Å². The molecule has 0 saturated carbocycles. The number of ether oxygens (including phenoxy) is 4. The van der Waals surface area contributed by atoms with Crippen molar-refractivity contribution in [3.8, 4) is 0 Å². The van der Waals surface area contributed by atoms with Crippen LogP contribution >= 0.6 is 0 Å². The number of amides is 1. The SMILES string of the molecule is CCCCCCC/C=C\C/C=C\C/C=C\CCCCCCCCCCCCCCCCCCC(=O)NC(COC1OC(CO)C(OC2OC(CO)C(O)C(O)C2O)C(O)C1O)C(O)/C=C/CC/C=C/CC/C=C/CCCCCCCCCCCCCCCC. The average Bonchev–Trinajstić information content (AvgIpc) is 2.53. The summed E-state index contributed by atoms with van der Waals surface area (Å²) in [6, 6.07) is -0.942. The highest BCUT2D eigenvalue weighted by molar-refractivity contribution is 5.76. The monoisotopic (exact) mass is 1260 g/mol. The van der Waals surface area contributed by atoms with Gasteiger partial charge in [-0.2, -0.15) is 0 Å². The summed E-state index contributed by atoms with van der Waals surface area (Å²) in [5.74, 6) is -0.252. The fourth-order valence-electron chi connectivity index (χ4n) is 11.7. The van der Waals surface area contributed by atoms with Crippen molar-refractivity contribution in [3.63, 3.8) is 0 Å². The van der Waals surface area contributed by atoms with E-state index in [0.717, 1.165) is 57.8 Å². The minimum absolute atomic E-state index is 0.252. The summed E-state index contributed by atoms with van der Waals surface area (Å²) in [6.45, 7) is 2.80. The lowest BCUT2D eigenvalue weighted by Crippen LogP contribution is -2.65. The fourth-order valence-corrected chi connectivity index (χ4v) is 11.7. The van der Waals surface area contributed by atoms with Gasteiger partial charge in [0, 0.05) is 6.42 Å². The molecule has 0 spiro atoms. The Morgan fingerprint density at radius 1 is 0.404 bits per heavy atom. The summed E-state index contributed by atoms with van der Waals surface area (Å²) in [5, 5.41) is 87.5. The quantitative estimate of drug-likeness (QED) is 0.0204. The first-order valence-electron chi connectivity index (χ1n) is 36.7. The van der Waals surface area contributed by atoms with E-state index in [0.29, 0.717) is 12.8 Å². The number of allylic oxidation sites excluding steroid dienone is 11. The predicted molar refractivity (Wildman–Crippen MR) is 364 cm³/mol. The Bertz CT molecular complexity index is 1770. The molecule has 0 radical (unpaired) electrons. The van der Waals surface area contributed by atoms with Gasteiger partial charge in [-0.3, -0.25) is 4.79 Å². The highest BCUT2D eigenvalue weighted by Gasteiger charge is 2.51. The summed E-state index contributed by atoms with van der Waals surface area (Å²) in [4.78, 5) is 13.3. The van der Waals surface area contributed by atoms with Crippen molar-refractivity contribution < 1.29 is 64.6 Å². The number of nitrogens with one attached hydrogen (secondary N) is 1. The van der Waals surface area contributed by atoms with E-state index >= 15 is 0 Å². The van der Waals surface area contributed by atoms with Crippen molar-refractivity contribution in [2.24, 2.45) is 0 Å². The molecule has 0 bridgehead atoms. The molecule has 0 aromatic heterocycles. The van der Waals surface area contributed by atoms with Gasteiger partial charge in [-0.05, 0) is 83.5 Å². The van der Waals surface area contributed by atoms with Crippen LogP contribution in [-0.4, -0.2) is 140 Å². The lowest BCUT2D eigenvalue weighted by molar-refractivity contribution is -0.359. The topological polar surface area (TPSA) is 228 Å². The Balaban J connectivity index is 1.68. The predicted octanol–water partition coefficient (Wildman–Crippen LogP) is 15.4. The first-order valence-corrected chi connectivity index (χ1v) is 36.7. The molecule has 2 fully saturated rings. The maximum Gasteiger partial charge on any atom is 0.220 e. The Labute approximate surface area is 542 Å². The Hall–Kier alpha value is -2.57. The molecule has 9 N–H and O–H groups in total. The number of aliphatic hydroxyl groups excluding tert-OH is 8. The van der Waals surface area contributed by atoms with E-state index < -0.39 is 86.8 Å². The van der Waals surface area contributed by atoms with Gasteiger partial charge in [0.05, 0.1) is 32.0 Å². The van der Waals surface area contributed by atoms with Crippen LogP contribution in [0.1, 0.15) is 303 Å². The van der Waals surface area contributed by atoms with Crippen LogP contribution < -0.4 is 5.32 Å². The van der Waals surface area contributed by atoms with Crippen LogP contribution in [0.4, 0.5) is 0 Å². The zero-order valence-corrected chi connectivity index (χ0v) is 56.4. The first kappa shape index (κ1) is 82.5. The second-order valence-electron chi connectivity index (χ2n) is 25.7. The third-order valence-electron chi connectivity index (χ3n) is 17.6. The standard InChI is InChI=1S/C75H135NO13/c1-3-5-7-9-11-13-15-17-19-21-23-25-27-29-30-31-32-33-34-35-37-39-41-43-45-47-49-51-53-55-57-59-67(80)76-63(62-86-74-72(85)70(83)73(66(61-78)88-74)89-75-71(84)69(82)68(81)65(60-77)87-75)64(79)58-56-54-52-50-48-46-44-42-40-38-36-28-26-24-22-20-18-16-14-12-10-8-6-4-2/h15,17,21,23,27,29,40,42,48,50,56,58,63-66,68-75,77-79,81-85H,3-14,16,18-20,22,24-26,28,30-39,41,43-47,49,51-55,57,59-62H2,1-2H3,(H,76,80)/b17-15-,23-21-,29-27-,42-40+,50-48+,58-56+. The van der Waals surface area contributed by atoms with Gasteiger partial charge >= 0.3 is 0 Å². The second-order valence-corrected chi connectivity index (χ2v) is 25.7. The summed E-state index contributed by atoms with van der Waals surface area (Å²) >= 11 is 0. The molecule has 2 saturated heterocycles. The summed E-state index contributed by atoms with van der Waals surface area (Å²) in [7, 11) is 0. The van der Waals surface area contributed by atoms with Gasteiger partial charge < -0.3 is 65.1 Å². The number of hydrogen-bond donors (Lipinski definition) is 9. The molecule has 14 heteroatoms. The van der Waals surface area contributed by atoms with Crippen molar-refractivity contribution in [3.05, 3.63) is 72.9 Å². The molecule has 1 amide bonds. The molecule has 0 aromatic carbocycles. The Morgan fingerprint density at radius 3 is 1.18 bits per heavy atom. The zero-order chi connectivity index (χ0) is 64.5. The van der Waals surface area contributed by atoms with E-state index in [1.165, 1.54) is 212 Å². The summed E-state index contributed by atoms with van der Waals surface area (Å²) < 4.78 is 22.8. The first-order chi connectivity index (χ1) is 43.6. The Morgan fingerprint density at radius 2 is 0.753 bits per heavy atom. The van der Waals surface area contributed by atoms with Gasteiger partial charge in [0.1, 0.15) is 48.8 Å². The van der Waals surface area contributed by atoms with E-state index in [9.17, 15) is 45.6 Å². The minimum atomic E-state index is -1.80. The molecular weight excluding hydrogens is 1120 g/mol. The molecule has 14 nitrogen and oxygen atoms in total. The maximum atomic E-state index is 13.3. The highest BCUT2D eigenvalue weighted by Crippen LogP contribution is 2.30. The van der Waals surface area contributed by atoms with Gasteiger partial charge in [0.25, 0.3) is 0 Å². The van der Waals surface area contributed by atoms with Gasteiger partial charge in [-0.1, -0.05) is 286 Å². The smallest absolute Gasteiger partial charge is 0.220 e. The molecular formula is C75H135NO13. The highest BCUT2D eigenvalue weighted by atomic mass is 16.7. The van der Waals surface area contributed by atoms with Crippen LogP contribution in [0.2, 0.25) is 0 Å². The van der Waals surface area contributed by atoms with Crippen molar-refractivity contribution in [1.29, 1.82) is 0 Å². The third kappa shape index (κ3) is 43.1. The van der Waals surface area contributed by atoms with E-state index in [1.807, 2.05) is 6.08 Å². The molecule has 0 aliphatic carbocycles. The lowest BCUT2D eigenvalue weighted by Gasteiger charge is -2.46. The number of carbonyl (C=O) groups excluding carboxylic acids is 1. The average molecular weight is 1260 g/mol. The van der Waals surface area contributed by atoms with Gasteiger partial charge in [-0.25, -0.2) is 0 Å². The molecule has 12 atom stereocenters. The number of aliphatic hydroxyl groups is 8. The maximum absolute atomic E-state index is 13.3. The third-order valence-corrected chi connectivity index (χ3v) is 17.6. The normalized spacial score (nSPS) is 23.4. The van der Waals surface area contributed by atoms with Crippen molar-refractivity contribution in [1.82, 2.24) is 5.32 Å². The van der Waals surface area contributed by atoms with Crippen LogP contribution in [-0.2, 0) is 23.7 Å². The second kappa shape index (κ2) is 59.2. The van der Waals surface area contributed by atoms with Crippen molar-refractivity contribution >= 4 is 5.91 Å². The Kier molecular flexibility index (Phi) is 54.9. The molecule has 0 aromatic rings. The van der Waals surface area contributed by atoms with Crippen LogP contribution in [0.3, 0.4) is 0 Å². The van der Waals surface area contributed by atoms with Gasteiger partial charge in [0.15, 0.2) is 12.6 Å². The summed E-state index contributed by atoms with van der Waals surface area (Å²) in [5.41, 5.74) is 0. The lowest BCUT2D eigenvalue weighted by atomic mass is 9.97. The molecule has 2 heterocycles. The molecule has 2 aliphatic heterocycles. The largest absolute Gasteiger partial charge is 0.394 e. The molecule has 2 aliphatic rings. The minimum Gasteiger partial charge on any atom is -0.394 e.